The predicted molar refractivity (Wildman–Crippen MR) is 48.2 cm³/mol. The van der Waals surface area contributed by atoms with Crippen molar-refractivity contribution in [3.05, 3.63) is 41.6 Å². The maximum absolute atomic E-state index is 9.87. The molecule has 0 N–H and O–H groups in total. The fourth-order valence-electron chi connectivity index (χ4n) is 0.895. The molecule has 0 aliphatic heterocycles. The van der Waals surface area contributed by atoms with Crippen molar-refractivity contribution in [1.82, 2.24) is 0 Å². The summed E-state index contributed by atoms with van der Waals surface area (Å²) in [6.07, 6.45) is 3.32. The van der Waals surface area contributed by atoms with E-state index in [1.54, 1.807) is 6.92 Å². The van der Waals surface area contributed by atoms with Crippen molar-refractivity contribution in [1.29, 1.82) is 0 Å². The molecule has 0 radical (unpaired) electrons. The number of rotatable bonds is 2. The molecule has 1 rings (SSSR count). The van der Waals surface area contributed by atoms with E-state index >= 15 is 0 Å². The molecule has 0 unspecified atom stereocenters. The van der Waals surface area contributed by atoms with Gasteiger partial charge in [-0.05, 0) is 18.6 Å². The van der Waals surface area contributed by atoms with E-state index in [9.17, 15) is 4.79 Å². The highest BCUT2D eigenvalue weighted by Gasteiger charge is 1.86. The first-order chi connectivity index (χ1) is 5.83. The monoisotopic (exact) mass is 159 g/mol. The zero-order valence-corrected chi connectivity index (χ0v) is 6.82. The summed E-state index contributed by atoms with van der Waals surface area (Å²) in [7, 11) is 0. The van der Waals surface area contributed by atoms with Gasteiger partial charge in [-0.2, -0.15) is 4.99 Å². The Kier molecular flexibility index (Phi) is 3.00. The summed E-state index contributed by atoms with van der Waals surface area (Å²) in [5.74, 6) is 0. The summed E-state index contributed by atoms with van der Waals surface area (Å²) in [5.41, 5.74) is 1.70. The van der Waals surface area contributed by atoms with Gasteiger partial charge in [0.1, 0.15) is 0 Å². The molecule has 0 atom stereocenters. The average Bonchev–Trinajstić information content (AvgIpc) is 2.06. The van der Waals surface area contributed by atoms with Crippen molar-refractivity contribution in [2.45, 2.75) is 6.92 Å². The quantitative estimate of drug-likeness (QED) is 0.481. The average molecular weight is 159 g/mol. The molecule has 2 heteroatoms. The predicted octanol–water partition coefficient (Wildman–Crippen LogP) is 2.38. The molecule has 0 heterocycles. The third-order valence-corrected chi connectivity index (χ3v) is 1.40. The van der Waals surface area contributed by atoms with Crippen LogP contribution in [0.1, 0.15) is 12.5 Å². The van der Waals surface area contributed by atoms with Gasteiger partial charge in [-0.3, -0.25) is 0 Å². The van der Waals surface area contributed by atoms with E-state index in [4.69, 9.17) is 0 Å². The number of hydrogen-bond acceptors (Lipinski definition) is 2. The van der Waals surface area contributed by atoms with E-state index in [-0.39, 0.29) is 0 Å². The number of carbonyl (C=O) groups excluding carboxylic acids is 1. The van der Waals surface area contributed by atoms with Crippen LogP contribution in [0.15, 0.2) is 41.0 Å². The van der Waals surface area contributed by atoms with Crippen LogP contribution in [0.5, 0.6) is 0 Å². The number of allylic oxidation sites excluding steroid dienone is 1. The Hall–Kier alpha value is -1.66. The van der Waals surface area contributed by atoms with E-state index in [0.29, 0.717) is 5.70 Å². The zero-order valence-electron chi connectivity index (χ0n) is 6.82. The summed E-state index contributed by atoms with van der Waals surface area (Å²) >= 11 is 0. The van der Waals surface area contributed by atoms with Crippen LogP contribution in [0, 0.1) is 0 Å². The van der Waals surface area contributed by atoms with Gasteiger partial charge in [0.05, 0.1) is 5.70 Å². The summed E-state index contributed by atoms with van der Waals surface area (Å²) < 4.78 is 0. The molecular formula is C10H9NO. The molecule has 0 saturated carbocycles. The molecule has 0 amide bonds. The lowest BCUT2D eigenvalue weighted by Crippen LogP contribution is -1.72. The van der Waals surface area contributed by atoms with Crippen molar-refractivity contribution < 1.29 is 4.79 Å². The fraction of sp³-hybridized carbons (Fsp3) is 0.100. The molecule has 60 valence electrons. The Morgan fingerprint density at radius 1 is 1.42 bits per heavy atom. The first kappa shape index (κ1) is 8.44. The van der Waals surface area contributed by atoms with E-state index in [0.717, 1.165) is 5.56 Å². The van der Waals surface area contributed by atoms with Crippen molar-refractivity contribution in [2.24, 2.45) is 4.99 Å². The van der Waals surface area contributed by atoms with Crippen LogP contribution in [0.2, 0.25) is 0 Å². The van der Waals surface area contributed by atoms with E-state index in [1.165, 1.54) is 6.08 Å². The minimum Gasteiger partial charge on any atom is -0.211 e. The van der Waals surface area contributed by atoms with Gasteiger partial charge in [-0.25, -0.2) is 4.79 Å². The molecule has 0 aliphatic carbocycles. The number of hydrogen-bond donors (Lipinski definition) is 0. The minimum atomic E-state index is 0.663. The van der Waals surface area contributed by atoms with Crippen LogP contribution in [0.4, 0.5) is 0 Å². The highest BCUT2D eigenvalue weighted by molar-refractivity contribution is 5.53. The minimum absolute atomic E-state index is 0.663. The normalized spacial score (nSPS) is 10.6. The summed E-state index contributed by atoms with van der Waals surface area (Å²) in [4.78, 5) is 13.3. The Bertz CT molecular complexity index is 321. The summed E-state index contributed by atoms with van der Waals surface area (Å²) in [6.45, 7) is 1.76. The van der Waals surface area contributed by atoms with E-state index in [2.05, 4.69) is 4.99 Å². The lowest BCUT2D eigenvalue weighted by molar-refractivity contribution is 0.564. The number of nitrogens with zero attached hydrogens (tertiary/aromatic N) is 1. The van der Waals surface area contributed by atoms with E-state index in [1.807, 2.05) is 36.4 Å². The van der Waals surface area contributed by atoms with Gasteiger partial charge in [-0.1, -0.05) is 30.3 Å². The second-order valence-electron chi connectivity index (χ2n) is 2.40. The van der Waals surface area contributed by atoms with Crippen LogP contribution >= 0.6 is 0 Å². The standard InChI is InChI=1S/C10H9NO/c1-9(11-8-12)7-10-5-3-2-4-6-10/h2-7H,1H3. The first-order valence-electron chi connectivity index (χ1n) is 3.64. The number of aliphatic imine (C=N–C) groups is 1. The number of isocyanates is 1. The lowest BCUT2D eigenvalue weighted by Gasteiger charge is -1.91. The van der Waals surface area contributed by atoms with Crippen LogP contribution in [0.25, 0.3) is 6.08 Å². The Labute approximate surface area is 71.3 Å². The van der Waals surface area contributed by atoms with Crippen molar-refractivity contribution in [3.8, 4) is 0 Å². The molecule has 0 saturated heterocycles. The molecule has 0 aliphatic rings. The van der Waals surface area contributed by atoms with Gasteiger partial charge in [-0.15, -0.1) is 0 Å². The molecule has 0 aromatic heterocycles. The number of benzene rings is 1. The maximum Gasteiger partial charge on any atom is 0.240 e. The summed E-state index contributed by atoms with van der Waals surface area (Å²) in [5, 5.41) is 0. The van der Waals surface area contributed by atoms with Crippen LogP contribution in [-0.4, -0.2) is 6.08 Å². The van der Waals surface area contributed by atoms with Gasteiger partial charge in [0, 0.05) is 0 Å². The van der Waals surface area contributed by atoms with Crippen molar-refractivity contribution >= 4 is 12.2 Å². The fourth-order valence-corrected chi connectivity index (χ4v) is 0.895. The first-order valence-corrected chi connectivity index (χ1v) is 3.64. The topological polar surface area (TPSA) is 29.4 Å². The zero-order chi connectivity index (χ0) is 8.81. The largest absolute Gasteiger partial charge is 0.240 e. The molecule has 0 fully saturated rings. The van der Waals surface area contributed by atoms with Crippen LogP contribution < -0.4 is 0 Å². The lowest BCUT2D eigenvalue weighted by atomic mass is 10.2. The Balaban J connectivity index is 2.88. The van der Waals surface area contributed by atoms with Gasteiger partial charge < -0.3 is 0 Å². The highest BCUT2D eigenvalue weighted by Crippen LogP contribution is 2.05. The van der Waals surface area contributed by atoms with Crippen molar-refractivity contribution in [2.75, 3.05) is 0 Å². The molecule has 1 aromatic carbocycles. The smallest absolute Gasteiger partial charge is 0.211 e. The third kappa shape index (κ3) is 2.52. The molecule has 2 nitrogen and oxygen atoms in total. The maximum atomic E-state index is 9.87. The van der Waals surface area contributed by atoms with Gasteiger partial charge in [0.15, 0.2) is 0 Å². The second kappa shape index (κ2) is 4.27. The third-order valence-electron chi connectivity index (χ3n) is 1.40. The molecule has 12 heavy (non-hydrogen) atoms. The second-order valence-corrected chi connectivity index (χ2v) is 2.40. The molecular weight excluding hydrogens is 150 g/mol. The van der Waals surface area contributed by atoms with Gasteiger partial charge >= 0.3 is 0 Å². The van der Waals surface area contributed by atoms with E-state index < -0.39 is 0 Å². The van der Waals surface area contributed by atoms with Crippen LogP contribution in [0.3, 0.4) is 0 Å². The molecule has 0 bridgehead atoms. The van der Waals surface area contributed by atoms with Crippen LogP contribution in [-0.2, 0) is 4.79 Å². The van der Waals surface area contributed by atoms with Crippen molar-refractivity contribution in [3.63, 3.8) is 0 Å². The molecule has 0 spiro atoms. The highest BCUT2D eigenvalue weighted by atomic mass is 16.1. The summed E-state index contributed by atoms with van der Waals surface area (Å²) in [6, 6.07) is 9.71. The SMILES string of the molecule is CC(=Cc1ccccc1)N=C=O. The Morgan fingerprint density at radius 2 is 2.08 bits per heavy atom. The van der Waals surface area contributed by atoms with Gasteiger partial charge in [0.25, 0.3) is 0 Å². The molecule has 1 aromatic rings. The van der Waals surface area contributed by atoms with Gasteiger partial charge in [0.2, 0.25) is 6.08 Å². The Morgan fingerprint density at radius 3 is 2.67 bits per heavy atom.